The highest BCUT2D eigenvalue weighted by atomic mass is 32.1. The van der Waals surface area contributed by atoms with E-state index in [1.54, 1.807) is 11.3 Å². The lowest BCUT2D eigenvalue weighted by atomic mass is 10.2. The average Bonchev–Trinajstić information content (AvgIpc) is 2.86. The van der Waals surface area contributed by atoms with E-state index in [-0.39, 0.29) is 0 Å². The van der Waals surface area contributed by atoms with Crippen molar-refractivity contribution < 1.29 is 0 Å². The Morgan fingerprint density at radius 2 is 2.29 bits per heavy atom. The first kappa shape index (κ1) is 9.45. The van der Waals surface area contributed by atoms with E-state index >= 15 is 0 Å². The molecule has 0 atom stereocenters. The zero-order valence-electron chi connectivity index (χ0n) is 7.86. The van der Waals surface area contributed by atoms with Crippen LogP contribution in [0.4, 0.5) is 0 Å². The Labute approximate surface area is 87.9 Å². The van der Waals surface area contributed by atoms with Crippen LogP contribution in [-0.2, 0) is 6.54 Å². The molecule has 0 unspecified atom stereocenters. The summed E-state index contributed by atoms with van der Waals surface area (Å²) in [6.45, 7) is 0.888. The lowest BCUT2D eigenvalue weighted by Crippen LogP contribution is -2.25. The quantitative estimate of drug-likeness (QED) is 0.767. The number of hydrogen-bond acceptors (Lipinski definition) is 3. The molecule has 72 valence electrons. The fourth-order valence-electron chi connectivity index (χ4n) is 1.56. The van der Waals surface area contributed by atoms with Crippen LogP contribution in [-0.4, -0.2) is 6.04 Å². The van der Waals surface area contributed by atoms with Gasteiger partial charge in [-0.15, -0.1) is 11.3 Å². The summed E-state index contributed by atoms with van der Waals surface area (Å²) in [5, 5.41) is 14.0. The lowest BCUT2D eigenvalue weighted by Gasteiger charge is -2.09. The normalized spacial score (nSPS) is 15.9. The number of nitrogens with zero attached hydrogens (tertiary/aromatic N) is 1. The molecule has 14 heavy (non-hydrogen) atoms. The Bertz CT molecular complexity index is 365. The summed E-state index contributed by atoms with van der Waals surface area (Å²) in [6, 6.07) is 4.70. The van der Waals surface area contributed by atoms with Crippen LogP contribution in [0, 0.1) is 11.3 Å². The van der Waals surface area contributed by atoms with Gasteiger partial charge < -0.3 is 5.32 Å². The third kappa shape index (κ3) is 2.22. The standard InChI is InChI=1S/C11H12N2S/c12-6-9-5-11(14-8-9)7-13-10-3-1-2-4-10/h1-2,5,8,10,13H,3-4,7H2. The highest BCUT2D eigenvalue weighted by Gasteiger charge is 2.09. The molecule has 1 aromatic rings. The van der Waals surface area contributed by atoms with Crippen LogP contribution in [0.15, 0.2) is 23.6 Å². The summed E-state index contributed by atoms with van der Waals surface area (Å²) in [5.74, 6) is 0. The molecule has 1 aliphatic rings. The van der Waals surface area contributed by atoms with Crippen molar-refractivity contribution in [1.29, 1.82) is 5.26 Å². The smallest absolute Gasteiger partial charge is 0.100 e. The predicted octanol–water partition coefficient (Wildman–Crippen LogP) is 2.43. The summed E-state index contributed by atoms with van der Waals surface area (Å²) in [5.41, 5.74) is 0.774. The predicted molar refractivity (Wildman–Crippen MR) is 58.0 cm³/mol. The van der Waals surface area contributed by atoms with E-state index in [1.165, 1.54) is 4.88 Å². The Balaban J connectivity index is 1.83. The van der Waals surface area contributed by atoms with Crippen LogP contribution >= 0.6 is 11.3 Å². The van der Waals surface area contributed by atoms with Gasteiger partial charge in [0.2, 0.25) is 0 Å². The van der Waals surface area contributed by atoms with Gasteiger partial charge in [-0.2, -0.15) is 5.26 Å². The zero-order valence-corrected chi connectivity index (χ0v) is 8.68. The van der Waals surface area contributed by atoms with Crippen molar-refractivity contribution in [3.8, 4) is 6.07 Å². The number of thiophene rings is 1. The minimum atomic E-state index is 0.600. The second kappa shape index (κ2) is 4.41. The van der Waals surface area contributed by atoms with Gasteiger partial charge in [0.25, 0.3) is 0 Å². The number of nitriles is 1. The first-order chi connectivity index (χ1) is 6.88. The molecule has 0 fully saturated rings. The summed E-state index contributed by atoms with van der Waals surface area (Å²) in [7, 11) is 0. The summed E-state index contributed by atoms with van der Waals surface area (Å²) < 4.78 is 0. The number of rotatable bonds is 3. The third-order valence-corrected chi connectivity index (χ3v) is 3.29. The number of nitrogens with one attached hydrogen (secondary N) is 1. The number of hydrogen-bond donors (Lipinski definition) is 1. The van der Waals surface area contributed by atoms with Gasteiger partial charge in [0.05, 0.1) is 5.56 Å². The largest absolute Gasteiger partial charge is 0.308 e. The minimum Gasteiger partial charge on any atom is -0.308 e. The Hall–Kier alpha value is -1.11. The van der Waals surface area contributed by atoms with Crippen LogP contribution in [0.3, 0.4) is 0 Å². The molecule has 1 aliphatic carbocycles. The molecule has 0 aromatic carbocycles. The van der Waals surface area contributed by atoms with Crippen LogP contribution in [0.2, 0.25) is 0 Å². The summed E-state index contributed by atoms with van der Waals surface area (Å²) >= 11 is 1.65. The monoisotopic (exact) mass is 204 g/mol. The Kier molecular flexibility index (Phi) is 2.97. The maximum atomic E-state index is 8.66. The topological polar surface area (TPSA) is 35.8 Å². The molecule has 1 aromatic heterocycles. The van der Waals surface area contributed by atoms with Crippen molar-refractivity contribution in [2.75, 3.05) is 0 Å². The van der Waals surface area contributed by atoms with E-state index in [0.29, 0.717) is 6.04 Å². The molecular weight excluding hydrogens is 192 g/mol. The van der Waals surface area contributed by atoms with E-state index in [2.05, 4.69) is 23.5 Å². The van der Waals surface area contributed by atoms with Gasteiger partial charge in [-0.1, -0.05) is 12.2 Å². The molecule has 1 heterocycles. The van der Waals surface area contributed by atoms with Crippen LogP contribution in [0.1, 0.15) is 23.3 Å². The zero-order chi connectivity index (χ0) is 9.80. The molecule has 0 radical (unpaired) electrons. The van der Waals surface area contributed by atoms with Gasteiger partial charge in [0, 0.05) is 22.8 Å². The van der Waals surface area contributed by atoms with Crippen molar-refractivity contribution in [3.63, 3.8) is 0 Å². The van der Waals surface area contributed by atoms with Crippen LogP contribution in [0.5, 0.6) is 0 Å². The van der Waals surface area contributed by atoms with Crippen molar-refractivity contribution in [2.24, 2.45) is 0 Å². The van der Waals surface area contributed by atoms with Gasteiger partial charge in [-0.25, -0.2) is 0 Å². The molecule has 3 heteroatoms. The Morgan fingerprint density at radius 1 is 1.50 bits per heavy atom. The lowest BCUT2D eigenvalue weighted by molar-refractivity contribution is 0.542. The maximum Gasteiger partial charge on any atom is 0.100 e. The van der Waals surface area contributed by atoms with Crippen LogP contribution < -0.4 is 5.32 Å². The molecular formula is C11H12N2S. The average molecular weight is 204 g/mol. The van der Waals surface area contributed by atoms with E-state index in [1.807, 2.05) is 11.4 Å². The van der Waals surface area contributed by atoms with Crippen molar-refractivity contribution in [1.82, 2.24) is 5.32 Å². The van der Waals surface area contributed by atoms with E-state index < -0.39 is 0 Å². The van der Waals surface area contributed by atoms with Gasteiger partial charge >= 0.3 is 0 Å². The van der Waals surface area contributed by atoms with Gasteiger partial charge in [0.1, 0.15) is 6.07 Å². The summed E-state index contributed by atoms with van der Waals surface area (Å²) in [4.78, 5) is 1.24. The van der Waals surface area contributed by atoms with E-state index in [4.69, 9.17) is 5.26 Å². The van der Waals surface area contributed by atoms with Gasteiger partial charge in [-0.05, 0) is 18.9 Å². The summed E-state index contributed by atoms with van der Waals surface area (Å²) in [6.07, 6.45) is 6.70. The third-order valence-electron chi connectivity index (χ3n) is 2.36. The molecule has 1 N–H and O–H groups in total. The Morgan fingerprint density at radius 3 is 2.93 bits per heavy atom. The highest BCUT2D eigenvalue weighted by molar-refractivity contribution is 7.10. The molecule has 0 saturated heterocycles. The first-order valence-electron chi connectivity index (χ1n) is 4.74. The minimum absolute atomic E-state index is 0.600. The van der Waals surface area contributed by atoms with E-state index in [0.717, 1.165) is 24.9 Å². The van der Waals surface area contributed by atoms with E-state index in [9.17, 15) is 0 Å². The molecule has 0 bridgehead atoms. The van der Waals surface area contributed by atoms with Crippen molar-refractivity contribution >= 4 is 11.3 Å². The second-order valence-corrected chi connectivity index (χ2v) is 4.43. The second-order valence-electron chi connectivity index (χ2n) is 3.43. The van der Waals surface area contributed by atoms with Crippen molar-refractivity contribution in [3.05, 3.63) is 34.0 Å². The SMILES string of the molecule is N#Cc1csc(CNC2CC=CC2)c1. The highest BCUT2D eigenvalue weighted by Crippen LogP contribution is 2.15. The van der Waals surface area contributed by atoms with Crippen molar-refractivity contribution in [2.45, 2.75) is 25.4 Å². The maximum absolute atomic E-state index is 8.66. The van der Waals surface area contributed by atoms with Gasteiger partial charge in [-0.3, -0.25) is 0 Å². The molecule has 0 aliphatic heterocycles. The fourth-order valence-corrected chi connectivity index (χ4v) is 2.32. The molecule has 0 amide bonds. The molecule has 2 nitrogen and oxygen atoms in total. The van der Waals surface area contributed by atoms with Gasteiger partial charge in [0.15, 0.2) is 0 Å². The molecule has 2 rings (SSSR count). The molecule has 0 spiro atoms. The fraction of sp³-hybridized carbons (Fsp3) is 0.364. The first-order valence-corrected chi connectivity index (χ1v) is 5.62. The molecule has 0 saturated carbocycles. The van der Waals surface area contributed by atoms with Crippen LogP contribution in [0.25, 0.3) is 0 Å².